The van der Waals surface area contributed by atoms with E-state index >= 15 is 0 Å². The van der Waals surface area contributed by atoms with Gasteiger partial charge in [0.2, 0.25) is 0 Å². The van der Waals surface area contributed by atoms with Crippen molar-refractivity contribution >= 4 is 17.4 Å². The number of halogens is 1. The van der Waals surface area contributed by atoms with Crippen LogP contribution in [-0.4, -0.2) is 15.8 Å². The summed E-state index contributed by atoms with van der Waals surface area (Å²) in [4.78, 5) is 29.9. The van der Waals surface area contributed by atoms with Gasteiger partial charge in [-0.2, -0.15) is 0 Å². The third kappa shape index (κ3) is 2.33. The van der Waals surface area contributed by atoms with E-state index in [1.807, 2.05) is 0 Å². The van der Waals surface area contributed by atoms with Crippen molar-refractivity contribution < 1.29 is 4.79 Å². The van der Waals surface area contributed by atoms with E-state index in [0.717, 1.165) is 5.56 Å². The third-order valence-corrected chi connectivity index (χ3v) is 2.82. The summed E-state index contributed by atoms with van der Waals surface area (Å²) in [7, 11) is 0. The predicted octanol–water partition coefficient (Wildman–Crippen LogP) is 2.60. The topological polar surface area (TPSA) is 62.8 Å². The molecule has 0 saturated carbocycles. The Labute approximate surface area is 109 Å². The van der Waals surface area contributed by atoms with Gasteiger partial charge in [0, 0.05) is 10.6 Å². The molecule has 1 N–H and O–H groups in total. The average Bonchev–Trinajstić information content (AvgIpc) is 2.28. The van der Waals surface area contributed by atoms with Crippen LogP contribution in [0.25, 0.3) is 11.4 Å². The van der Waals surface area contributed by atoms with Gasteiger partial charge in [0.1, 0.15) is 11.4 Å². The molecule has 0 aliphatic carbocycles. The van der Waals surface area contributed by atoms with Crippen LogP contribution in [0.1, 0.15) is 23.0 Å². The minimum Gasteiger partial charge on any atom is -0.306 e. The molecule has 0 bridgehead atoms. The van der Waals surface area contributed by atoms with Crippen LogP contribution < -0.4 is 5.56 Å². The smallest absolute Gasteiger partial charge is 0.262 e. The fourth-order valence-corrected chi connectivity index (χ4v) is 1.87. The summed E-state index contributed by atoms with van der Waals surface area (Å²) in [5.41, 5.74) is 0.860. The number of hydrogen-bond donors (Lipinski definition) is 1. The lowest BCUT2D eigenvalue weighted by Crippen LogP contribution is -2.20. The van der Waals surface area contributed by atoms with Crippen molar-refractivity contribution in [2.24, 2.45) is 0 Å². The molecular formula is C13H11ClN2O2. The molecule has 0 radical (unpaired) electrons. The molecule has 0 aliphatic heterocycles. The SMILES string of the molecule is CC(=O)c1c(C)nc(-c2ccc(Cl)cc2)[nH]c1=O. The quantitative estimate of drug-likeness (QED) is 0.846. The van der Waals surface area contributed by atoms with Gasteiger partial charge in [-0.05, 0) is 38.1 Å². The Morgan fingerprint density at radius 2 is 1.89 bits per heavy atom. The first-order valence-electron chi connectivity index (χ1n) is 5.37. The summed E-state index contributed by atoms with van der Waals surface area (Å²) >= 11 is 5.79. The molecule has 1 aromatic heterocycles. The molecule has 5 heteroatoms. The summed E-state index contributed by atoms with van der Waals surface area (Å²) < 4.78 is 0. The standard InChI is InChI=1S/C13H11ClN2O2/c1-7-11(8(2)17)13(18)16-12(15-7)9-3-5-10(14)6-4-9/h3-6H,1-2H3,(H,15,16,18). The lowest BCUT2D eigenvalue weighted by atomic mass is 10.1. The van der Waals surface area contributed by atoms with Crippen molar-refractivity contribution in [3.8, 4) is 11.4 Å². The van der Waals surface area contributed by atoms with Crippen molar-refractivity contribution in [1.82, 2.24) is 9.97 Å². The molecule has 0 unspecified atom stereocenters. The maximum atomic E-state index is 11.8. The molecule has 1 aromatic carbocycles. The molecule has 0 amide bonds. The zero-order chi connectivity index (χ0) is 13.3. The van der Waals surface area contributed by atoms with Crippen LogP contribution in [0.5, 0.6) is 0 Å². The highest BCUT2D eigenvalue weighted by molar-refractivity contribution is 6.30. The number of aryl methyl sites for hydroxylation is 1. The minimum atomic E-state index is -0.417. The zero-order valence-corrected chi connectivity index (χ0v) is 10.7. The number of hydrogen-bond acceptors (Lipinski definition) is 3. The van der Waals surface area contributed by atoms with Crippen LogP contribution in [0, 0.1) is 6.92 Å². The number of H-pyrrole nitrogens is 1. The molecular weight excluding hydrogens is 252 g/mol. The van der Waals surface area contributed by atoms with Gasteiger partial charge in [0.05, 0.1) is 5.69 Å². The first-order chi connectivity index (χ1) is 8.49. The summed E-state index contributed by atoms with van der Waals surface area (Å²) in [5, 5.41) is 0.609. The van der Waals surface area contributed by atoms with E-state index in [1.54, 1.807) is 31.2 Å². The van der Waals surface area contributed by atoms with Crippen LogP contribution in [0.3, 0.4) is 0 Å². The van der Waals surface area contributed by atoms with Crippen molar-refractivity contribution in [2.45, 2.75) is 13.8 Å². The number of benzene rings is 1. The van der Waals surface area contributed by atoms with Gasteiger partial charge in [0.25, 0.3) is 5.56 Å². The highest BCUT2D eigenvalue weighted by atomic mass is 35.5. The number of Topliss-reactive ketones (excluding diaryl/α,β-unsaturated/α-hetero) is 1. The first-order valence-corrected chi connectivity index (χ1v) is 5.74. The average molecular weight is 263 g/mol. The summed E-state index contributed by atoms with van der Waals surface area (Å²) in [6, 6.07) is 6.94. The highest BCUT2D eigenvalue weighted by Gasteiger charge is 2.12. The Morgan fingerprint density at radius 1 is 1.28 bits per heavy atom. The maximum Gasteiger partial charge on any atom is 0.262 e. The molecule has 0 spiro atoms. The molecule has 2 rings (SSSR count). The largest absolute Gasteiger partial charge is 0.306 e. The Bertz CT molecular complexity index is 660. The molecule has 18 heavy (non-hydrogen) atoms. The van der Waals surface area contributed by atoms with Crippen LogP contribution >= 0.6 is 11.6 Å². The van der Waals surface area contributed by atoms with Gasteiger partial charge < -0.3 is 4.98 Å². The molecule has 0 atom stereocenters. The number of carbonyl (C=O) groups is 1. The van der Waals surface area contributed by atoms with Crippen molar-refractivity contribution in [1.29, 1.82) is 0 Å². The monoisotopic (exact) mass is 262 g/mol. The fourth-order valence-electron chi connectivity index (χ4n) is 1.75. The Hall–Kier alpha value is -1.94. The summed E-state index contributed by atoms with van der Waals surface area (Å²) in [6.07, 6.45) is 0. The van der Waals surface area contributed by atoms with Crippen LogP contribution in [0.4, 0.5) is 0 Å². The van der Waals surface area contributed by atoms with E-state index < -0.39 is 5.56 Å². The normalized spacial score (nSPS) is 10.4. The van der Waals surface area contributed by atoms with E-state index in [-0.39, 0.29) is 11.3 Å². The molecule has 1 heterocycles. The minimum absolute atomic E-state index is 0.104. The van der Waals surface area contributed by atoms with Gasteiger partial charge in [-0.25, -0.2) is 4.98 Å². The lowest BCUT2D eigenvalue weighted by Gasteiger charge is -2.05. The Morgan fingerprint density at radius 3 is 2.39 bits per heavy atom. The highest BCUT2D eigenvalue weighted by Crippen LogP contribution is 2.17. The number of carbonyl (C=O) groups excluding carboxylic acids is 1. The number of ketones is 1. The molecule has 0 aliphatic rings. The van der Waals surface area contributed by atoms with Crippen molar-refractivity contribution in [2.75, 3.05) is 0 Å². The fraction of sp³-hybridized carbons (Fsp3) is 0.154. The number of aromatic nitrogens is 2. The molecule has 2 aromatic rings. The first kappa shape index (κ1) is 12.5. The number of nitrogens with zero attached hydrogens (tertiary/aromatic N) is 1. The Kier molecular flexibility index (Phi) is 3.30. The summed E-state index contributed by atoms with van der Waals surface area (Å²) in [5.74, 6) is 0.142. The van der Waals surface area contributed by atoms with Gasteiger partial charge in [-0.15, -0.1) is 0 Å². The maximum absolute atomic E-state index is 11.8. The van der Waals surface area contributed by atoms with Crippen molar-refractivity contribution in [3.05, 3.63) is 50.9 Å². The second-order valence-electron chi connectivity index (χ2n) is 3.94. The van der Waals surface area contributed by atoms with Gasteiger partial charge in [0.15, 0.2) is 5.78 Å². The predicted molar refractivity (Wildman–Crippen MR) is 70.0 cm³/mol. The number of rotatable bonds is 2. The van der Waals surface area contributed by atoms with E-state index in [9.17, 15) is 9.59 Å². The van der Waals surface area contributed by atoms with E-state index in [1.165, 1.54) is 6.92 Å². The lowest BCUT2D eigenvalue weighted by molar-refractivity contribution is 0.101. The molecule has 4 nitrogen and oxygen atoms in total. The summed E-state index contributed by atoms with van der Waals surface area (Å²) in [6.45, 7) is 2.99. The number of nitrogens with one attached hydrogen (secondary N) is 1. The number of aromatic amines is 1. The zero-order valence-electron chi connectivity index (χ0n) is 9.95. The van der Waals surface area contributed by atoms with E-state index in [2.05, 4.69) is 9.97 Å². The van der Waals surface area contributed by atoms with Crippen LogP contribution in [0.15, 0.2) is 29.1 Å². The van der Waals surface area contributed by atoms with Gasteiger partial charge in [-0.3, -0.25) is 9.59 Å². The van der Waals surface area contributed by atoms with E-state index in [4.69, 9.17) is 11.6 Å². The molecule has 0 saturated heterocycles. The van der Waals surface area contributed by atoms with Gasteiger partial charge in [-0.1, -0.05) is 11.6 Å². The van der Waals surface area contributed by atoms with Gasteiger partial charge >= 0.3 is 0 Å². The third-order valence-electron chi connectivity index (χ3n) is 2.57. The molecule has 0 fully saturated rings. The van der Waals surface area contributed by atoms with Crippen LogP contribution in [0.2, 0.25) is 5.02 Å². The van der Waals surface area contributed by atoms with Crippen LogP contribution in [-0.2, 0) is 0 Å². The second kappa shape index (κ2) is 4.74. The second-order valence-corrected chi connectivity index (χ2v) is 4.37. The van der Waals surface area contributed by atoms with E-state index in [0.29, 0.717) is 16.5 Å². The van der Waals surface area contributed by atoms with Crippen molar-refractivity contribution in [3.63, 3.8) is 0 Å². The molecule has 92 valence electrons. The Balaban J connectivity index is 2.58.